The van der Waals surface area contributed by atoms with Crippen LogP contribution in [-0.2, 0) is 4.74 Å². The van der Waals surface area contributed by atoms with Crippen LogP contribution in [0, 0.1) is 0 Å². The Morgan fingerprint density at radius 2 is 1.96 bits per heavy atom. The Morgan fingerprint density at radius 3 is 2.67 bits per heavy atom. The van der Waals surface area contributed by atoms with Crippen LogP contribution < -0.4 is 4.74 Å². The molecule has 3 rings (SSSR count). The number of benzene rings is 1. The summed E-state index contributed by atoms with van der Waals surface area (Å²) in [7, 11) is 0. The first-order valence-electron chi connectivity index (χ1n) is 8.31. The highest BCUT2D eigenvalue weighted by atomic mass is 16.5. The first kappa shape index (κ1) is 16.4. The van der Waals surface area contributed by atoms with Gasteiger partial charge in [0.15, 0.2) is 5.69 Å². The maximum absolute atomic E-state index is 11.9. The number of carbonyl (C=O) groups is 1. The van der Waals surface area contributed by atoms with Crippen LogP contribution in [0.2, 0.25) is 0 Å². The SMILES string of the molecule is CCOC(=O)c1n[nH]nc1-c1ccc(OCCN2CCCC2)cc1. The molecular weight excluding hydrogens is 308 g/mol. The first-order valence-corrected chi connectivity index (χ1v) is 8.31. The lowest BCUT2D eigenvalue weighted by Gasteiger charge is -2.14. The zero-order valence-electron chi connectivity index (χ0n) is 13.8. The third-order valence-electron chi connectivity index (χ3n) is 4.02. The second-order valence-electron chi connectivity index (χ2n) is 5.66. The standard InChI is InChI=1S/C17H22N4O3/c1-2-23-17(22)16-15(18-20-19-16)13-5-7-14(8-6-13)24-12-11-21-9-3-4-10-21/h5-8H,2-4,9-12H2,1H3,(H,18,19,20). The lowest BCUT2D eigenvalue weighted by atomic mass is 10.1. The maximum atomic E-state index is 11.9. The lowest BCUT2D eigenvalue weighted by Crippen LogP contribution is -2.25. The largest absolute Gasteiger partial charge is 0.492 e. The van der Waals surface area contributed by atoms with E-state index in [-0.39, 0.29) is 5.69 Å². The van der Waals surface area contributed by atoms with E-state index in [1.807, 2.05) is 24.3 Å². The summed E-state index contributed by atoms with van der Waals surface area (Å²) in [5, 5.41) is 10.4. The highest BCUT2D eigenvalue weighted by molar-refractivity contribution is 5.93. The lowest BCUT2D eigenvalue weighted by molar-refractivity contribution is 0.0520. The molecule has 1 aliphatic heterocycles. The number of hydrogen-bond acceptors (Lipinski definition) is 6. The van der Waals surface area contributed by atoms with Gasteiger partial charge in [-0.05, 0) is 57.1 Å². The van der Waals surface area contributed by atoms with E-state index < -0.39 is 5.97 Å². The molecule has 0 saturated carbocycles. The van der Waals surface area contributed by atoms with Crippen molar-refractivity contribution in [1.29, 1.82) is 0 Å². The molecule has 0 atom stereocenters. The summed E-state index contributed by atoms with van der Waals surface area (Å²) in [6.45, 7) is 6.03. The van der Waals surface area contributed by atoms with Gasteiger partial charge in [-0.1, -0.05) is 0 Å². The van der Waals surface area contributed by atoms with E-state index in [0.29, 0.717) is 18.9 Å². The van der Waals surface area contributed by atoms with Gasteiger partial charge < -0.3 is 9.47 Å². The minimum absolute atomic E-state index is 0.194. The van der Waals surface area contributed by atoms with Crippen molar-refractivity contribution < 1.29 is 14.3 Å². The van der Waals surface area contributed by atoms with Crippen molar-refractivity contribution in [1.82, 2.24) is 20.3 Å². The molecule has 2 heterocycles. The Labute approximate surface area is 141 Å². The molecule has 1 aromatic heterocycles. The van der Waals surface area contributed by atoms with Gasteiger partial charge in [-0.25, -0.2) is 4.79 Å². The van der Waals surface area contributed by atoms with Crippen molar-refractivity contribution in [3.63, 3.8) is 0 Å². The molecule has 0 amide bonds. The summed E-state index contributed by atoms with van der Waals surface area (Å²) in [6.07, 6.45) is 2.57. The van der Waals surface area contributed by atoms with E-state index in [9.17, 15) is 4.79 Å². The topological polar surface area (TPSA) is 80.3 Å². The Balaban J connectivity index is 1.60. The number of likely N-dealkylation sites (tertiary alicyclic amines) is 1. The molecule has 1 fully saturated rings. The molecule has 7 heteroatoms. The predicted octanol–water partition coefficient (Wildman–Crippen LogP) is 2.12. The van der Waals surface area contributed by atoms with Crippen LogP contribution in [0.4, 0.5) is 0 Å². The van der Waals surface area contributed by atoms with Crippen molar-refractivity contribution in [2.75, 3.05) is 32.8 Å². The highest BCUT2D eigenvalue weighted by Gasteiger charge is 2.19. The molecular formula is C17H22N4O3. The fourth-order valence-electron chi connectivity index (χ4n) is 2.78. The summed E-state index contributed by atoms with van der Waals surface area (Å²) in [5.74, 6) is 0.325. The van der Waals surface area contributed by atoms with Crippen molar-refractivity contribution in [3.05, 3.63) is 30.0 Å². The number of carbonyl (C=O) groups excluding carboxylic acids is 1. The number of aromatic amines is 1. The molecule has 2 aromatic rings. The quantitative estimate of drug-likeness (QED) is 0.783. The average molecular weight is 330 g/mol. The zero-order valence-corrected chi connectivity index (χ0v) is 13.8. The fraction of sp³-hybridized carbons (Fsp3) is 0.471. The number of esters is 1. The molecule has 0 bridgehead atoms. The van der Waals surface area contributed by atoms with Crippen LogP contribution >= 0.6 is 0 Å². The van der Waals surface area contributed by atoms with E-state index in [1.54, 1.807) is 6.92 Å². The van der Waals surface area contributed by atoms with Crippen LogP contribution in [0.15, 0.2) is 24.3 Å². The molecule has 0 spiro atoms. The zero-order chi connectivity index (χ0) is 16.8. The molecule has 1 aliphatic rings. The normalized spacial score (nSPS) is 14.7. The van der Waals surface area contributed by atoms with Gasteiger partial charge in [-0.2, -0.15) is 10.3 Å². The van der Waals surface area contributed by atoms with Crippen molar-refractivity contribution >= 4 is 5.97 Å². The monoisotopic (exact) mass is 330 g/mol. The van der Waals surface area contributed by atoms with Crippen LogP contribution in [0.5, 0.6) is 5.75 Å². The number of nitrogens with one attached hydrogen (secondary N) is 1. The summed E-state index contributed by atoms with van der Waals surface area (Å²) in [6, 6.07) is 7.49. The second kappa shape index (κ2) is 7.92. The van der Waals surface area contributed by atoms with Crippen LogP contribution in [0.25, 0.3) is 11.3 Å². The molecule has 1 N–H and O–H groups in total. The van der Waals surface area contributed by atoms with Gasteiger partial charge in [0, 0.05) is 12.1 Å². The molecule has 1 aromatic carbocycles. The molecule has 24 heavy (non-hydrogen) atoms. The summed E-state index contributed by atoms with van der Waals surface area (Å²) in [4.78, 5) is 14.3. The number of H-pyrrole nitrogens is 1. The number of ether oxygens (including phenoxy) is 2. The Kier molecular flexibility index (Phi) is 5.43. The molecule has 0 unspecified atom stereocenters. The number of rotatable bonds is 7. The van der Waals surface area contributed by atoms with Crippen molar-refractivity contribution in [2.45, 2.75) is 19.8 Å². The maximum Gasteiger partial charge on any atom is 0.361 e. The molecule has 0 radical (unpaired) electrons. The van der Waals surface area contributed by atoms with E-state index in [2.05, 4.69) is 20.3 Å². The molecule has 7 nitrogen and oxygen atoms in total. The second-order valence-corrected chi connectivity index (χ2v) is 5.66. The van der Waals surface area contributed by atoms with Crippen LogP contribution in [0.3, 0.4) is 0 Å². The average Bonchev–Trinajstić information content (AvgIpc) is 3.27. The van der Waals surface area contributed by atoms with Gasteiger partial charge in [-0.15, -0.1) is 5.10 Å². The first-order chi connectivity index (χ1) is 11.8. The van der Waals surface area contributed by atoms with E-state index in [1.165, 1.54) is 25.9 Å². The van der Waals surface area contributed by atoms with E-state index in [4.69, 9.17) is 9.47 Å². The Morgan fingerprint density at radius 1 is 1.21 bits per heavy atom. The van der Waals surface area contributed by atoms with E-state index >= 15 is 0 Å². The Hall–Kier alpha value is -2.41. The van der Waals surface area contributed by atoms with Crippen molar-refractivity contribution in [3.8, 4) is 17.0 Å². The number of hydrogen-bond donors (Lipinski definition) is 1. The Bertz CT molecular complexity index is 663. The highest BCUT2D eigenvalue weighted by Crippen LogP contribution is 2.23. The third-order valence-corrected chi connectivity index (χ3v) is 4.02. The number of nitrogens with zero attached hydrogens (tertiary/aromatic N) is 3. The van der Waals surface area contributed by atoms with Gasteiger partial charge in [0.1, 0.15) is 18.1 Å². The minimum atomic E-state index is -0.479. The summed E-state index contributed by atoms with van der Waals surface area (Å²) in [5.41, 5.74) is 1.47. The summed E-state index contributed by atoms with van der Waals surface area (Å²) >= 11 is 0. The molecule has 128 valence electrons. The van der Waals surface area contributed by atoms with Gasteiger partial charge in [0.05, 0.1) is 6.61 Å². The molecule has 1 saturated heterocycles. The number of aromatic nitrogens is 3. The summed E-state index contributed by atoms with van der Waals surface area (Å²) < 4.78 is 10.8. The smallest absolute Gasteiger partial charge is 0.361 e. The van der Waals surface area contributed by atoms with Gasteiger partial charge in [-0.3, -0.25) is 4.90 Å². The van der Waals surface area contributed by atoms with Gasteiger partial charge >= 0.3 is 5.97 Å². The van der Waals surface area contributed by atoms with Crippen LogP contribution in [-0.4, -0.2) is 59.1 Å². The van der Waals surface area contributed by atoms with Crippen LogP contribution in [0.1, 0.15) is 30.3 Å². The third kappa shape index (κ3) is 3.91. The van der Waals surface area contributed by atoms with E-state index in [0.717, 1.165) is 17.9 Å². The van der Waals surface area contributed by atoms with Crippen molar-refractivity contribution in [2.24, 2.45) is 0 Å². The molecule has 0 aliphatic carbocycles. The predicted molar refractivity (Wildman–Crippen MR) is 88.9 cm³/mol. The minimum Gasteiger partial charge on any atom is -0.492 e. The van der Waals surface area contributed by atoms with Gasteiger partial charge in [0.25, 0.3) is 0 Å². The fourth-order valence-corrected chi connectivity index (χ4v) is 2.78. The van der Waals surface area contributed by atoms with Gasteiger partial charge in [0.2, 0.25) is 0 Å².